The van der Waals surface area contributed by atoms with Crippen LogP contribution in [-0.2, 0) is 31.0 Å². The van der Waals surface area contributed by atoms with Gasteiger partial charge < -0.3 is 19.5 Å². The van der Waals surface area contributed by atoms with Crippen LogP contribution in [0.25, 0.3) is 0 Å². The Bertz CT molecular complexity index is 1050. The predicted molar refractivity (Wildman–Crippen MR) is 117 cm³/mol. The molecule has 0 aliphatic carbocycles. The lowest BCUT2D eigenvalue weighted by atomic mass is 10.0. The van der Waals surface area contributed by atoms with Gasteiger partial charge in [-0.15, -0.1) is 0 Å². The van der Waals surface area contributed by atoms with Gasteiger partial charge in [0, 0.05) is 18.1 Å². The maximum absolute atomic E-state index is 13.5. The number of nitro benzene ring substituents is 1. The number of nitro groups is 1. The van der Waals surface area contributed by atoms with Crippen LogP contribution in [0.5, 0.6) is 0 Å². The maximum Gasteiger partial charge on any atom is 0.335 e. The van der Waals surface area contributed by atoms with Crippen molar-refractivity contribution in [3.8, 4) is 0 Å². The zero-order chi connectivity index (χ0) is 24.6. The molecule has 0 radical (unpaired) electrons. The number of amides is 1. The zero-order valence-electron chi connectivity index (χ0n) is 18.0. The largest absolute Gasteiger partial charge is 0.480 e. The summed E-state index contributed by atoms with van der Waals surface area (Å²) in [7, 11) is -3.32. The van der Waals surface area contributed by atoms with E-state index in [1.165, 1.54) is 18.2 Å². The molecular formula is C21H24FN2O8P. The molecule has 0 bridgehead atoms. The average Bonchev–Trinajstić information content (AvgIpc) is 2.74. The van der Waals surface area contributed by atoms with E-state index in [1.807, 2.05) is 0 Å². The van der Waals surface area contributed by atoms with Crippen molar-refractivity contribution in [2.24, 2.45) is 0 Å². The number of aliphatic carboxylic acids is 1. The van der Waals surface area contributed by atoms with Crippen LogP contribution in [-0.4, -0.2) is 41.2 Å². The van der Waals surface area contributed by atoms with Gasteiger partial charge in [0.15, 0.2) is 0 Å². The third-order valence-electron chi connectivity index (χ3n) is 4.49. The normalized spacial score (nSPS) is 12.2. The summed E-state index contributed by atoms with van der Waals surface area (Å²) in [5.41, 5.74) is 0.145. The van der Waals surface area contributed by atoms with Gasteiger partial charge in [0.1, 0.15) is 6.04 Å². The molecule has 0 spiro atoms. The van der Waals surface area contributed by atoms with Gasteiger partial charge in [-0.2, -0.15) is 4.39 Å². The molecule has 0 saturated heterocycles. The molecule has 0 saturated carbocycles. The summed E-state index contributed by atoms with van der Waals surface area (Å²) < 4.78 is 36.6. The van der Waals surface area contributed by atoms with Gasteiger partial charge in [-0.25, -0.2) is 4.79 Å². The number of hydrogen-bond acceptors (Lipinski definition) is 7. The Kier molecular flexibility index (Phi) is 9.22. The highest BCUT2D eigenvalue weighted by Crippen LogP contribution is 2.51. The number of hydrogen-bond donors (Lipinski definition) is 2. The van der Waals surface area contributed by atoms with Crippen LogP contribution in [0.3, 0.4) is 0 Å². The fourth-order valence-electron chi connectivity index (χ4n) is 3.01. The van der Waals surface area contributed by atoms with Crippen molar-refractivity contribution in [1.82, 2.24) is 5.32 Å². The Morgan fingerprint density at radius 3 is 2.21 bits per heavy atom. The first-order valence-electron chi connectivity index (χ1n) is 10.0. The van der Waals surface area contributed by atoms with Gasteiger partial charge in [0.05, 0.1) is 24.3 Å². The number of carbonyl (C=O) groups excluding carboxylic acids is 1. The summed E-state index contributed by atoms with van der Waals surface area (Å²) in [6.45, 7) is 3.82. The first-order chi connectivity index (χ1) is 15.6. The lowest BCUT2D eigenvalue weighted by Gasteiger charge is -2.17. The van der Waals surface area contributed by atoms with E-state index in [0.717, 1.165) is 12.1 Å². The van der Waals surface area contributed by atoms with Gasteiger partial charge in [0.2, 0.25) is 5.82 Å². The molecule has 1 atom stereocenters. The zero-order valence-corrected chi connectivity index (χ0v) is 18.9. The number of carboxylic acids is 1. The van der Waals surface area contributed by atoms with Crippen LogP contribution in [0.2, 0.25) is 0 Å². The Morgan fingerprint density at radius 1 is 1.12 bits per heavy atom. The molecule has 0 unspecified atom stereocenters. The molecular weight excluding hydrogens is 458 g/mol. The second-order valence-corrected chi connectivity index (χ2v) is 8.97. The number of rotatable bonds is 12. The lowest BCUT2D eigenvalue weighted by Crippen LogP contribution is -2.42. The van der Waals surface area contributed by atoms with E-state index in [0.29, 0.717) is 5.56 Å². The monoisotopic (exact) mass is 482 g/mol. The third kappa shape index (κ3) is 7.45. The highest BCUT2D eigenvalue weighted by Gasteiger charge is 2.25. The maximum atomic E-state index is 13.5. The van der Waals surface area contributed by atoms with Crippen LogP contribution in [0.4, 0.5) is 10.1 Å². The van der Waals surface area contributed by atoms with Gasteiger partial charge in [0.25, 0.3) is 5.91 Å². The topological polar surface area (TPSA) is 145 Å². The van der Waals surface area contributed by atoms with Gasteiger partial charge in [-0.3, -0.25) is 19.5 Å². The number of halogens is 1. The van der Waals surface area contributed by atoms with Crippen LogP contribution < -0.4 is 5.32 Å². The Labute approximate surface area is 189 Å². The molecule has 0 fully saturated rings. The highest BCUT2D eigenvalue weighted by molar-refractivity contribution is 7.53. The van der Waals surface area contributed by atoms with Crippen LogP contribution >= 0.6 is 7.60 Å². The summed E-state index contributed by atoms with van der Waals surface area (Å²) in [4.78, 5) is 34.1. The number of carboxylic acid groups (broad SMARTS) is 1. The Morgan fingerprint density at radius 2 is 1.70 bits per heavy atom. The van der Waals surface area contributed by atoms with Crippen molar-refractivity contribution in [3.63, 3.8) is 0 Å². The molecule has 178 valence electrons. The van der Waals surface area contributed by atoms with E-state index in [4.69, 9.17) is 9.05 Å². The van der Waals surface area contributed by atoms with E-state index < -0.39 is 41.9 Å². The number of benzene rings is 2. The van der Waals surface area contributed by atoms with Crippen molar-refractivity contribution in [3.05, 3.63) is 75.1 Å². The fraction of sp³-hybridized carbons (Fsp3) is 0.333. The van der Waals surface area contributed by atoms with E-state index in [2.05, 4.69) is 5.32 Å². The summed E-state index contributed by atoms with van der Waals surface area (Å²) in [5.74, 6) is -3.09. The molecule has 1 amide bonds. The second-order valence-electron chi connectivity index (χ2n) is 6.91. The van der Waals surface area contributed by atoms with Crippen molar-refractivity contribution >= 4 is 25.2 Å². The highest BCUT2D eigenvalue weighted by atomic mass is 31.2. The SMILES string of the molecule is CCOP(=O)(Cc1ccc(C(=O)N[C@H](Cc2ccc(F)c([N+](=O)[O-])c2)C(=O)O)cc1)OCC. The van der Waals surface area contributed by atoms with Gasteiger partial charge in [-0.05, 0) is 43.2 Å². The third-order valence-corrected chi connectivity index (χ3v) is 6.55. The summed E-state index contributed by atoms with van der Waals surface area (Å²) >= 11 is 0. The Balaban J connectivity index is 2.11. The van der Waals surface area contributed by atoms with Crippen LogP contribution in [0, 0.1) is 15.9 Å². The Hall–Kier alpha value is -3.14. The number of carbonyl (C=O) groups is 2. The molecule has 0 aliphatic rings. The minimum atomic E-state index is -3.32. The minimum absolute atomic E-state index is 0.0116. The van der Waals surface area contributed by atoms with E-state index in [1.54, 1.807) is 26.0 Å². The van der Waals surface area contributed by atoms with Gasteiger partial charge >= 0.3 is 19.3 Å². The number of nitrogens with zero attached hydrogens (tertiary/aromatic N) is 1. The quantitative estimate of drug-likeness (QED) is 0.263. The van der Waals surface area contributed by atoms with Crippen molar-refractivity contribution in [2.45, 2.75) is 32.5 Å². The fourth-order valence-corrected chi connectivity index (χ4v) is 4.71. The van der Waals surface area contributed by atoms with E-state index in [9.17, 15) is 33.8 Å². The molecule has 12 heteroatoms. The van der Waals surface area contributed by atoms with Crippen molar-refractivity contribution in [2.75, 3.05) is 13.2 Å². The van der Waals surface area contributed by atoms with Crippen LogP contribution in [0.15, 0.2) is 42.5 Å². The summed E-state index contributed by atoms with van der Waals surface area (Å²) in [6, 6.07) is 7.60. The predicted octanol–water partition coefficient (Wildman–Crippen LogP) is 3.93. The summed E-state index contributed by atoms with van der Waals surface area (Å²) in [5, 5.41) is 22.7. The molecule has 0 heterocycles. The molecule has 33 heavy (non-hydrogen) atoms. The van der Waals surface area contributed by atoms with Crippen molar-refractivity contribution < 1.29 is 37.6 Å². The lowest BCUT2D eigenvalue weighted by molar-refractivity contribution is -0.387. The van der Waals surface area contributed by atoms with E-state index >= 15 is 0 Å². The average molecular weight is 482 g/mol. The molecule has 2 rings (SSSR count). The molecule has 10 nitrogen and oxygen atoms in total. The molecule has 0 aliphatic heterocycles. The number of nitrogens with one attached hydrogen (secondary N) is 1. The molecule has 2 aromatic rings. The van der Waals surface area contributed by atoms with E-state index in [-0.39, 0.29) is 36.9 Å². The molecule has 2 N–H and O–H groups in total. The second kappa shape index (κ2) is 11.6. The van der Waals surface area contributed by atoms with Crippen molar-refractivity contribution in [1.29, 1.82) is 0 Å². The van der Waals surface area contributed by atoms with Crippen LogP contribution in [0.1, 0.15) is 35.3 Å². The first kappa shape index (κ1) is 26.1. The molecule has 0 aromatic heterocycles. The minimum Gasteiger partial charge on any atom is -0.480 e. The molecule has 2 aromatic carbocycles. The standard InChI is InChI=1S/C21H24FN2O8P/c1-3-31-33(30,32-4-2)13-14-5-8-16(9-6-14)20(25)23-18(21(26)27)11-15-7-10-17(22)19(12-15)24(28)29/h5-10,12,18H,3-4,11,13H2,1-2H3,(H,23,25)(H,26,27)/t18-/m1/s1. The first-order valence-corrected chi connectivity index (χ1v) is 11.7. The van der Waals surface area contributed by atoms with Gasteiger partial charge in [-0.1, -0.05) is 18.2 Å². The smallest absolute Gasteiger partial charge is 0.335 e. The summed E-state index contributed by atoms with van der Waals surface area (Å²) in [6.07, 6.45) is -0.274.